The van der Waals surface area contributed by atoms with E-state index in [-0.39, 0.29) is 31.6 Å². The number of fused-ring (bicyclic) bond motifs is 1. The number of nitrogens with zero attached hydrogens (tertiary/aromatic N) is 4. The summed E-state index contributed by atoms with van der Waals surface area (Å²) in [7, 11) is 1.50. The Morgan fingerprint density at radius 2 is 2.12 bits per heavy atom. The molecule has 0 atom stereocenters. The molecule has 8 nitrogen and oxygen atoms in total. The molecule has 8 heteroatoms. The largest absolute Gasteiger partial charge is 0.480 e. The fraction of sp³-hybridized carbons (Fsp3) is 0.500. The van der Waals surface area contributed by atoms with E-state index in [1.807, 2.05) is 13.8 Å². The van der Waals surface area contributed by atoms with E-state index in [2.05, 4.69) is 10.1 Å². The molecular weight excluding hydrogens is 312 g/mol. The van der Waals surface area contributed by atoms with Crippen LogP contribution >= 0.6 is 0 Å². The number of carboxylic acid groups (broad SMARTS) is 1. The molecule has 0 unspecified atom stereocenters. The molecule has 0 radical (unpaired) electrons. The van der Waals surface area contributed by atoms with Crippen LogP contribution in [0.15, 0.2) is 12.3 Å². The van der Waals surface area contributed by atoms with Gasteiger partial charge in [0.1, 0.15) is 6.54 Å². The fourth-order valence-electron chi connectivity index (χ4n) is 2.45. The number of aliphatic carboxylic acids is 1. The van der Waals surface area contributed by atoms with Gasteiger partial charge in [0, 0.05) is 25.1 Å². The third-order valence-electron chi connectivity index (χ3n) is 3.66. The number of hydrogen-bond acceptors (Lipinski definition) is 5. The van der Waals surface area contributed by atoms with Gasteiger partial charge in [-0.05, 0) is 26.8 Å². The SMILES string of the molecule is COCCN(CC(=O)O)C(=O)c1cc2cnn(C(C)C)c2nc1C. The number of aryl methyl sites for hydroxylation is 1. The van der Waals surface area contributed by atoms with Gasteiger partial charge in [0.25, 0.3) is 5.91 Å². The van der Waals surface area contributed by atoms with Crippen molar-refractivity contribution in [3.63, 3.8) is 0 Å². The highest BCUT2D eigenvalue weighted by Crippen LogP contribution is 2.20. The van der Waals surface area contributed by atoms with Crippen LogP contribution in [0.5, 0.6) is 0 Å². The Labute approximate surface area is 140 Å². The molecule has 0 fully saturated rings. The minimum Gasteiger partial charge on any atom is -0.480 e. The van der Waals surface area contributed by atoms with Crippen LogP contribution in [0.25, 0.3) is 11.0 Å². The molecule has 2 rings (SSSR count). The van der Waals surface area contributed by atoms with E-state index in [1.165, 1.54) is 12.0 Å². The minimum absolute atomic E-state index is 0.154. The van der Waals surface area contributed by atoms with Gasteiger partial charge in [-0.15, -0.1) is 0 Å². The topological polar surface area (TPSA) is 97.5 Å². The van der Waals surface area contributed by atoms with Gasteiger partial charge in [-0.1, -0.05) is 0 Å². The van der Waals surface area contributed by atoms with Crippen molar-refractivity contribution in [2.45, 2.75) is 26.8 Å². The lowest BCUT2D eigenvalue weighted by molar-refractivity contribution is -0.137. The van der Waals surface area contributed by atoms with E-state index >= 15 is 0 Å². The maximum atomic E-state index is 12.7. The van der Waals surface area contributed by atoms with Crippen LogP contribution in [0.1, 0.15) is 35.9 Å². The summed E-state index contributed by atoms with van der Waals surface area (Å²) >= 11 is 0. The predicted octanol–water partition coefficient (Wildman–Crippen LogP) is 1.49. The van der Waals surface area contributed by atoms with Crippen LogP contribution in [0, 0.1) is 6.92 Å². The number of carboxylic acids is 1. The molecule has 0 aliphatic carbocycles. The van der Waals surface area contributed by atoms with Crippen LogP contribution in [0.4, 0.5) is 0 Å². The van der Waals surface area contributed by atoms with Gasteiger partial charge < -0.3 is 14.7 Å². The number of hydrogen-bond donors (Lipinski definition) is 1. The number of carbonyl (C=O) groups is 2. The first kappa shape index (κ1) is 17.9. The lowest BCUT2D eigenvalue weighted by Gasteiger charge is -2.21. The van der Waals surface area contributed by atoms with E-state index in [9.17, 15) is 9.59 Å². The number of ether oxygens (including phenoxy) is 1. The standard InChI is InChI=1S/C16H22N4O4/c1-10(2)20-15-12(8-17-20)7-13(11(3)18-15)16(23)19(5-6-24-4)9-14(21)22/h7-8,10H,5-6,9H2,1-4H3,(H,21,22). The minimum atomic E-state index is -1.07. The van der Waals surface area contributed by atoms with Crippen LogP contribution < -0.4 is 0 Å². The second-order valence-electron chi connectivity index (χ2n) is 5.83. The fourth-order valence-corrected chi connectivity index (χ4v) is 2.45. The molecule has 0 bridgehead atoms. The summed E-state index contributed by atoms with van der Waals surface area (Å²) in [5, 5.41) is 14.1. The number of carbonyl (C=O) groups excluding carboxylic acids is 1. The van der Waals surface area contributed by atoms with Crippen molar-refractivity contribution >= 4 is 22.9 Å². The quantitative estimate of drug-likeness (QED) is 0.824. The summed E-state index contributed by atoms with van der Waals surface area (Å²) in [5.74, 6) is -1.45. The molecule has 0 aliphatic rings. The first-order valence-corrected chi connectivity index (χ1v) is 7.70. The summed E-state index contributed by atoms with van der Waals surface area (Å²) in [5.41, 5.74) is 1.63. The van der Waals surface area contributed by atoms with Crippen LogP contribution in [0.3, 0.4) is 0 Å². The lowest BCUT2D eigenvalue weighted by Crippen LogP contribution is -2.38. The molecule has 2 aromatic heterocycles. The maximum absolute atomic E-state index is 12.7. The normalized spacial score (nSPS) is 11.2. The molecule has 1 N–H and O–H groups in total. The van der Waals surface area contributed by atoms with Crippen molar-refractivity contribution in [1.82, 2.24) is 19.7 Å². The van der Waals surface area contributed by atoms with Crippen LogP contribution in [-0.2, 0) is 9.53 Å². The highest BCUT2D eigenvalue weighted by atomic mass is 16.5. The van der Waals surface area contributed by atoms with Gasteiger partial charge in [-0.25, -0.2) is 9.67 Å². The van der Waals surface area contributed by atoms with E-state index < -0.39 is 5.97 Å². The monoisotopic (exact) mass is 334 g/mol. The highest BCUT2D eigenvalue weighted by Gasteiger charge is 2.22. The second kappa shape index (κ2) is 7.39. The third-order valence-corrected chi connectivity index (χ3v) is 3.66. The van der Waals surface area contributed by atoms with Crippen molar-refractivity contribution < 1.29 is 19.4 Å². The average molecular weight is 334 g/mol. The highest BCUT2D eigenvalue weighted by molar-refractivity contribution is 5.99. The van der Waals surface area contributed by atoms with Crippen molar-refractivity contribution in [2.75, 3.05) is 26.8 Å². The van der Waals surface area contributed by atoms with Crippen molar-refractivity contribution in [1.29, 1.82) is 0 Å². The van der Waals surface area contributed by atoms with E-state index in [4.69, 9.17) is 9.84 Å². The lowest BCUT2D eigenvalue weighted by atomic mass is 10.1. The summed E-state index contributed by atoms with van der Waals surface area (Å²) in [6.45, 7) is 5.82. The van der Waals surface area contributed by atoms with Crippen molar-refractivity contribution in [3.8, 4) is 0 Å². The van der Waals surface area contributed by atoms with Gasteiger partial charge in [0.2, 0.25) is 0 Å². The first-order chi connectivity index (χ1) is 11.3. The second-order valence-corrected chi connectivity index (χ2v) is 5.83. The molecule has 130 valence electrons. The summed E-state index contributed by atoms with van der Waals surface area (Å²) in [6, 6.07) is 1.87. The molecule has 0 spiro atoms. The summed E-state index contributed by atoms with van der Waals surface area (Å²) in [6.07, 6.45) is 1.66. The van der Waals surface area contributed by atoms with Gasteiger partial charge in [0.05, 0.1) is 24.1 Å². The number of rotatable bonds is 7. The van der Waals surface area contributed by atoms with Crippen LogP contribution in [0.2, 0.25) is 0 Å². The number of amides is 1. The molecule has 2 aromatic rings. The smallest absolute Gasteiger partial charge is 0.323 e. The van der Waals surface area contributed by atoms with Crippen molar-refractivity contribution in [3.05, 3.63) is 23.5 Å². The zero-order valence-electron chi connectivity index (χ0n) is 14.3. The Morgan fingerprint density at radius 3 is 2.71 bits per heavy atom. The van der Waals surface area contributed by atoms with E-state index in [0.29, 0.717) is 16.9 Å². The summed E-state index contributed by atoms with van der Waals surface area (Å²) in [4.78, 5) is 29.5. The maximum Gasteiger partial charge on any atom is 0.323 e. The zero-order chi connectivity index (χ0) is 17.9. The first-order valence-electron chi connectivity index (χ1n) is 7.70. The molecule has 0 saturated carbocycles. The number of methoxy groups -OCH3 is 1. The number of aromatic nitrogens is 3. The molecule has 24 heavy (non-hydrogen) atoms. The Bertz CT molecular complexity index is 754. The molecule has 2 heterocycles. The molecule has 0 aliphatic heterocycles. The molecule has 0 aromatic carbocycles. The van der Waals surface area contributed by atoms with Crippen LogP contribution in [-0.4, -0.2) is 63.5 Å². The molecule has 1 amide bonds. The Morgan fingerprint density at radius 1 is 1.42 bits per heavy atom. The molecular formula is C16H22N4O4. The number of pyridine rings is 1. The Kier molecular flexibility index (Phi) is 5.50. The van der Waals surface area contributed by atoms with E-state index in [1.54, 1.807) is 23.9 Å². The van der Waals surface area contributed by atoms with Gasteiger partial charge in [-0.2, -0.15) is 5.10 Å². The third kappa shape index (κ3) is 3.70. The Hall–Kier alpha value is -2.48. The van der Waals surface area contributed by atoms with Gasteiger partial charge >= 0.3 is 5.97 Å². The van der Waals surface area contributed by atoms with Crippen molar-refractivity contribution in [2.24, 2.45) is 0 Å². The zero-order valence-corrected chi connectivity index (χ0v) is 14.3. The molecule has 0 saturated heterocycles. The van der Waals surface area contributed by atoms with Gasteiger partial charge in [0.15, 0.2) is 5.65 Å². The average Bonchev–Trinajstić information content (AvgIpc) is 2.92. The Balaban J connectivity index is 2.40. The predicted molar refractivity (Wildman–Crippen MR) is 88.1 cm³/mol. The van der Waals surface area contributed by atoms with E-state index in [0.717, 1.165) is 5.39 Å². The van der Waals surface area contributed by atoms with Gasteiger partial charge in [-0.3, -0.25) is 9.59 Å². The summed E-state index contributed by atoms with van der Waals surface area (Å²) < 4.78 is 6.74.